The third kappa shape index (κ3) is 3.73. The number of hydrogen-bond acceptors (Lipinski definition) is 2. The van der Waals surface area contributed by atoms with Gasteiger partial charge in [0.2, 0.25) is 0 Å². The summed E-state index contributed by atoms with van der Waals surface area (Å²) >= 11 is 0. The van der Waals surface area contributed by atoms with Crippen LogP contribution >= 0.6 is 0 Å². The van der Waals surface area contributed by atoms with Gasteiger partial charge in [0, 0.05) is 0 Å². The Labute approximate surface area is 103 Å². The number of carboxylic acid groups (broad SMARTS) is 1. The highest BCUT2D eigenvalue weighted by atomic mass is 19.4. The summed E-state index contributed by atoms with van der Waals surface area (Å²) in [5.41, 5.74) is -0.740. The fourth-order valence-electron chi connectivity index (χ4n) is 1.53. The lowest BCUT2D eigenvalue weighted by Crippen LogP contribution is -2.29. The average Bonchev–Trinajstić information content (AvgIpc) is 2.28. The van der Waals surface area contributed by atoms with Gasteiger partial charge in [-0.15, -0.1) is 0 Å². The summed E-state index contributed by atoms with van der Waals surface area (Å²) in [6, 6.07) is 3.24. The monoisotopic (exact) mass is 261 g/mol. The first-order valence-electron chi connectivity index (χ1n) is 5.49. The molecule has 6 heteroatoms. The van der Waals surface area contributed by atoms with Gasteiger partial charge in [-0.1, -0.05) is 19.1 Å². The average molecular weight is 261 g/mol. The van der Waals surface area contributed by atoms with E-state index < -0.39 is 23.8 Å². The van der Waals surface area contributed by atoms with Crippen molar-refractivity contribution in [3.05, 3.63) is 35.4 Å². The van der Waals surface area contributed by atoms with Crippen LogP contribution in [0, 0.1) is 0 Å². The standard InChI is InChI=1S/C12H14F3NO2/c1-2-6-16-10(11(17)18)8-4-3-5-9(7-8)12(13,14)15/h3-5,7,10,16H,2,6H2,1H3,(H,17,18). The van der Waals surface area contributed by atoms with E-state index in [4.69, 9.17) is 5.11 Å². The van der Waals surface area contributed by atoms with Crippen LogP contribution in [0.15, 0.2) is 24.3 Å². The molecular formula is C12H14F3NO2. The van der Waals surface area contributed by atoms with Gasteiger partial charge in [0.05, 0.1) is 5.56 Å². The zero-order valence-electron chi connectivity index (χ0n) is 9.79. The van der Waals surface area contributed by atoms with E-state index in [1.54, 1.807) is 0 Å². The van der Waals surface area contributed by atoms with Crippen molar-refractivity contribution in [3.63, 3.8) is 0 Å². The van der Waals surface area contributed by atoms with Gasteiger partial charge in [-0.2, -0.15) is 13.2 Å². The Hall–Kier alpha value is -1.56. The number of aliphatic carboxylic acids is 1. The maximum Gasteiger partial charge on any atom is 0.416 e. The van der Waals surface area contributed by atoms with Crippen LogP contribution in [0.5, 0.6) is 0 Å². The van der Waals surface area contributed by atoms with Crippen molar-refractivity contribution in [1.29, 1.82) is 0 Å². The van der Waals surface area contributed by atoms with Crippen molar-refractivity contribution < 1.29 is 23.1 Å². The zero-order valence-corrected chi connectivity index (χ0v) is 9.79. The molecule has 0 spiro atoms. The van der Waals surface area contributed by atoms with Gasteiger partial charge in [-0.05, 0) is 30.7 Å². The van der Waals surface area contributed by atoms with E-state index >= 15 is 0 Å². The smallest absolute Gasteiger partial charge is 0.416 e. The molecule has 0 amide bonds. The molecular weight excluding hydrogens is 247 g/mol. The molecule has 1 atom stereocenters. The van der Waals surface area contributed by atoms with E-state index in [2.05, 4.69) is 5.32 Å². The number of benzene rings is 1. The van der Waals surface area contributed by atoms with Crippen LogP contribution in [-0.2, 0) is 11.0 Å². The predicted molar refractivity (Wildman–Crippen MR) is 60.1 cm³/mol. The minimum atomic E-state index is -4.47. The molecule has 1 aromatic rings. The second-order valence-electron chi connectivity index (χ2n) is 3.85. The number of nitrogens with one attached hydrogen (secondary N) is 1. The maximum absolute atomic E-state index is 12.5. The Bertz CT molecular complexity index is 418. The highest BCUT2D eigenvalue weighted by Gasteiger charge is 2.31. The van der Waals surface area contributed by atoms with Gasteiger partial charge in [-0.25, -0.2) is 0 Å². The van der Waals surface area contributed by atoms with Crippen LogP contribution in [0.3, 0.4) is 0 Å². The van der Waals surface area contributed by atoms with E-state index in [1.807, 2.05) is 6.92 Å². The molecule has 0 fully saturated rings. The molecule has 18 heavy (non-hydrogen) atoms. The third-order valence-electron chi connectivity index (χ3n) is 2.39. The van der Waals surface area contributed by atoms with Crippen molar-refractivity contribution in [2.24, 2.45) is 0 Å². The van der Waals surface area contributed by atoms with Gasteiger partial charge in [0.25, 0.3) is 0 Å². The number of rotatable bonds is 5. The minimum absolute atomic E-state index is 0.103. The minimum Gasteiger partial charge on any atom is -0.480 e. The number of alkyl halides is 3. The molecule has 3 nitrogen and oxygen atoms in total. The molecule has 1 unspecified atom stereocenters. The Morgan fingerprint density at radius 1 is 1.44 bits per heavy atom. The summed E-state index contributed by atoms with van der Waals surface area (Å²) in [5.74, 6) is -1.19. The quantitative estimate of drug-likeness (QED) is 0.856. The predicted octanol–water partition coefficient (Wildman–Crippen LogP) is 2.83. The lowest BCUT2D eigenvalue weighted by molar-refractivity contribution is -0.140. The fraction of sp³-hybridized carbons (Fsp3) is 0.417. The lowest BCUT2D eigenvalue weighted by Gasteiger charge is -2.16. The lowest BCUT2D eigenvalue weighted by atomic mass is 10.0. The first kappa shape index (κ1) is 14.5. The Morgan fingerprint density at radius 2 is 2.11 bits per heavy atom. The van der Waals surface area contributed by atoms with Crippen molar-refractivity contribution in [1.82, 2.24) is 5.32 Å². The molecule has 0 aliphatic rings. The third-order valence-corrected chi connectivity index (χ3v) is 2.39. The number of carbonyl (C=O) groups is 1. The number of hydrogen-bond donors (Lipinski definition) is 2. The zero-order chi connectivity index (χ0) is 13.8. The number of carboxylic acids is 1. The highest BCUT2D eigenvalue weighted by molar-refractivity contribution is 5.75. The molecule has 0 aromatic heterocycles. The second kappa shape index (κ2) is 5.86. The van der Waals surface area contributed by atoms with Crippen molar-refractivity contribution in [2.75, 3.05) is 6.54 Å². The molecule has 0 saturated carbocycles. The molecule has 0 saturated heterocycles. The van der Waals surface area contributed by atoms with Gasteiger partial charge in [0.1, 0.15) is 6.04 Å². The molecule has 0 aliphatic heterocycles. The van der Waals surface area contributed by atoms with Crippen molar-refractivity contribution in [3.8, 4) is 0 Å². The molecule has 1 rings (SSSR count). The van der Waals surface area contributed by atoms with Crippen LogP contribution < -0.4 is 5.32 Å². The first-order valence-corrected chi connectivity index (χ1v) is 5.49. The van der Waals surface area contributed by atoms with E-state index in [1.165, 1.54) is 12.1 Å². The normalized spacial score (nSPS) is 13.3. The van der Waals surface area contributed by atoms with Crippen molar-refractivity contribution in [2.45, 2.75) is 25.6 Å². The summed E-state index contributed by atoms with van der Waals surface area (Å²) in [4.78, 5) is 11.0. The fourth-order valence-corrected chi connectivity index (χ4v) is 1.53. The SMILES string of the molecule is CCCNC(C(=O)O)c1cccc(C(F)(F)F)c1. The Morgan fingerprint density at radius 3 is 2.61 bits per heavy atom. The largest absolute Gasteiger partial charge is 0.480 e. The van der Waals surface area contributed by atoms with Crippen LogP contribution in [0.25, 0.3) is 0 Å². The van der Waals surface area contributed by atoms with E-state index in [9.17, 15) is 18.0 Å². The Balaban J connectivity index is 3.02. The van der Waals surface area contributed by atoms with E-state index in [0.29, 0.717) is 13.0 Å². The summed E-state index contributed by atoms with van der Waals surface area (Å²) in [6.45, 7) is 2.27. The molecule has 0 bridgehead atoms. The molecule has 2 N–H and O–H groups in total. The molecule has 0 radical (unpaired) electrons. The molecule has 0 aliphatic carbocycles. The van der Waals surface area contributed by atoms with Crippen LogP contribution in [0.2, 0.25) is 0 Å². The van der Waals surface area contributed by atoms with Gasteiger partial charge >= 0.3 is 12.1 Å². The van der Waals surface area contributed by atoms with Crippen LogP contribution in [0.1, 0.15) is 30.5 Å². The first-order chi connectivity index (χ1) is 8.36. The summed E-state index contributed by atoms with van der Waals surface area (Å²) in [7, 11) is 0. The van der Waals surface area contributed by atoms with Gasteiger partial charge < -0.3 is 10.4 Å². The topological polar surface area (TPSA) is 49.3 Å². The van der Waals surface area contributed by atoms with Crippen LogP contribution in [-0.4, -0.2) is 17.6 Å². The molecule has 1 aromatic carbocycles. The van der Waals surface area contributed by atoms with Gasteiger partial charge in [-0.3, -0.25) is 4.79 Å². The summed E-state index contributed by atoms with van der Waals surface area (Å²) in [5, 5.41) is 11.7. The second-order valence-corrected chi connectivity index (χ2v) is 3.85. The maximum atomic E-state index is 12.5. The Kier molecular flexibility index (Phi) is 4.72. The van der Waals surface area contributed by atoms with Gasteiger partial charge in [0.15, 0.2) is 0 Å². The van der Waals surface area contributed by atoms with Crippen molar-refractivity contribution >= 4 is 5.97 Å². The van der Waals surface area contributed by atoms with E-state index in [0.717, 1.165) is 12.1 Å². The summed E-state index contributed by atoms with van der Waals surface area (Å²) in [6.07, 6.45) is -3.77. The molecule has 100 valence electrons. The summed E-state index contributed by atoms with van der Waals surface area (Å²) < 4.78 is 37.5. The number of halogens is 3. The van der Waals surface area contributed by atoms with Crippen LogP contribution in [0.4, 0.5) is 13.2 Å². The molecule has 0 heterocycles. The van der Waals surface area contributed by atoms with E-state index in [-0.39, 0.29) is 5.56 Å². The highest BCUT2D eigenvalue weighted by Crippen LogP contribution is 2.30.